The number of benzene rings is 2. The highest BCUT2D eigenvalue weighted by molar-refractivity contribution is 7.12. The highest BCUT2D eigenvalue weighted by Gasteiger charge is 2.12. The number of allylic oxidation sites excluding steroid dienone is 1. The van der Waals surface area contributed by atoms with Crippen LogP contribution in [-0.4, -0.2) is 22.7 Å². The Bertz CT molecular complexity index is 1100. The molecule has 28 heavy (non-hydrogen) atoms. The van der Waals surface area contributed by atoms with E-state index in [0.717, 1.165) is 33.1 Å². The molecular formula is C23H18N2O2S. The summed E-state index contributed by atoms with van der Waals surface area (Å²) >= 11 is 1.44. The summed E-state index contributed by atoms with van der Waals surface area (Å²) in [5.74, 6) is 0.777. The van der Waals surface area contributed by atoms with Gasteiger partial charge in [-0.05, 0) is 60.0 Å². The minimum atomic E-state index is -0.0110. The largest absolute Gasteiger partial charge is 0.497 e. The van der Waals surface area contributed by atoms with Crippen LogP contribution in [0.4, 0.5) is 0 Å². The fourth-order valence-electron chi connectivity index (χ4n) is 2.86. The molecule has 5 heteroatoms. The maximum Gasteiger partial charge on any atom is 0.195 e. The first-order valence-electron chi connectivity index (χ1n) is 8.80. The highest BCUT2D eigenvalue weighted by atomic mass is 32.1. The summed E-state index contributed by atoms with van der Waals surface area (Å²) in [6.07, 6.45) is 5.37. The fourth-order valence-corrected chi connectivity index (χ4v) is 3.51. The number of ketones is 1. The van der Waals surface area contributed by atoms with E-state index in [2.05, 4.69) is 0 Å². The van der Waals surface area contributed by atoms with Gasteiger partial charge in [0.15, 0.2) is 5.78 Å². The van der Waals surface area contributed by atoms with Crippen LogP contribution < -0.4 is 4.74 Å². The summed E-state index contributed by atoms with van der Waals surface area (Å²) in [5, 5.41) is 6.66. The summed E-state index contributed by atoms with van der Waals surface area (Å²) in [5.41, 5.74) is 3.60. The minimum absolute atomic E-state index is 0.0110. The van der Waals surface area contributed by atoms with Crippen LogP contribution in [0.1, 0.15) is 15.2 Å². The van der Waals surface area contributed by atoms with Crippen LogP contribution >= 0.6 is 11.3 Å². The molecule has 0 fully saturated rings. The molecule has 0 atom stereocenters. The van der Waals surface area contributed by atoms with Crippen molar-refractivity contribution < 1.29 is 9.53 Å². The average Bonchev–Trinajstić information content (AvgIpc) is 3.43. The number of carbonyl (C=O) groups excluding carboxylic acids is 1. The second-order valence-corrected chi connectivity index (χ2v) is 7.06. The van der Waals surface area contributed by atoms with E-state index in [4.69, 9.17) is 9.84 Å². The van der Waals surface area contributed by atoms with Crippen LogP contribution in [0.5, 0.6) is 5.75 Å². The number of hydrogen-bond donors (Lipinski definition) is 0. The normalized spacial score (nSPS) is 11.0. The van der Waals surface area contributed by atoms with Gasteiger partial charge in [0.1, 0.15) is 5.75 Å². The Kier molecular flexibility index (Phi) is 5.17. The van der Waals surface area contributed by atoms with E-state index < -0.39 is 0 Å². The Hall–Kier alpha value is -3.44. The number of aromatic nitrogens is 2. The predicted molar refractivity (Wildman–Crippen MR) is 113 cm³/mol. The molecule has 0 bridgehead atoms. The lowest BCUT2D eigenvalue weighted by Gasteiger charge is -2.02. The Morgan fingerprint density at radius 1 is 1.04 bits per heavy atom. The van der Waals surface area contributed by atoms with Gasteiger partial charge in [0.2, 0.25) is 0 Å². The summed E-state index contributed by atoms with van der Waals surface area (Å²) in [7, 11) is 1.64. The number of methoxy groups -OCH3 is 1. The number of ether oxygens (including phenoxy) is 1. The molecule has 0 radical (unpaired) electrons. The molecule has 0 aliphatic rings. The zero-order chi connectivity index (χ0) is 19.3. The van der Waals surface area contributed by atoms with Crippen molar-refractivity contribution >= 4 is 23.2 Å². The molecule has 2 aromatic carbocycles. The van der Waals surface area contributed by atoms with Crippen molar-refractivity contribution in [1.82, 2.24) is 9.78 Å². The van der Waals surface area contributed by atoms with Gasteiger partial charge in [-0.1, -0.05) is 24.3 Å². The number of rotatable bonds is 6. The molecule has 4 aromatic rings. The number of carbonyl (C=O) groups is 1. The molecule has 2 aromatic heterocycles. The monoisotopic (exact) mass is 386 g/mol. The van der Waals surface area contributed by atoms with Crippen LogP contribution in [0.2, 0.25) is 0 Å². The first-order chi connectivity index (χ1) is 13.7. The zero-order valence-electron chi connectivity index (χ0n) is 15.3. The highest BCUT2D eigenvalue weighted by Crippen LogP contribution is 2.27. The third-order valence-corrected chi connectivity index (χ3v) is 5.19. The molecule has 0 aliphatic carbocycles. The van der Waals surface area contributed by atoms with Crippen LogP contribution in [0.15, 0.2) is 84.4 Å². The summed E-state index contributed by atoms with van der Waals surface area (Å²) in [4.78, 5) is 13.1. The summed E-state index contributed by atoms with van der Waals surface area (Å²) < 4.78 is 7.08. The van der Waals surface area contributed by atoms with Gasteiger partial charge in [-0.3, -0.25) is 4.79 Å². The van der Waals surface area contributed by atoms with Gasteiger partial charge in [0.25, 0.3) is 0 Å². The van der Waals surface area contributed by atoms with E-state index in [1.165, 1.54) is 11.3 Å². The first-order valence-corrected chi connectivity index (χ1v) is 9.68. The van der Waals surface area contributed by atoms with Crippen LogP contribution in [0.3, 0.4) is 0 Å². The topological polar surface area (TPSA) is 44.1 Å². The Balaban J connectivity index is 1.74. The molecule has 4 nitrogen and oxygen atoms in total. The van der Waals surface area contributed by atoms with Gasteiger partial charge >= 0.3 is 0 Å². The molecule has 0 saturated heterocycles. The first kappa shape index (κ1) is 17.9. The molecule has 0 aliphatic heterocycles. The van der Waals surface area contributed by atoms with Gasteiger partial charge in [-0.2, -0.15) is 5.10 Å². The second kappa shape index (κ2) is 8.06. The smallest absolute Gasteiger partial charge is 0.195 e. The van der Waals surface area contributed by atoms with Crippen molar-refractivity contribution in [2.75, 3.05) is 7.11 Å². The van der Waals surface area contributed by atoms with Crippen molar-refractivity contribution in [1.29, 1.82) is 0 Å². The van der Waals surface area contributed by atoms with E-state index in [1.54, 1.807) is 13.2 Å². The lowest BCUT2D eigenvalue weighted by Crippen LogP contribution is -1.94. The number of nitrogens with zero attached hydrogens (tertiary/aromatic N) is 2. The molecular weight excluding hydrogens is 368 g/mol. The summed E-state index contributed by atoms with van der Waals surface area (Å²) in [6.45, 7) is 0. The summed E-state index contributed by atoms with van der Waals surface area (Å²) in [6, 6.07) is 21.4. The molecule has 0 spiro atoms. The van der Waals surface area contributed by atoms with Crippen molar-refractivity contribution in [3.8, 4) is 22.7 Å². The molecule has 2 heterocycles. The number of hydrogen-bond acceptors (Lipinski definition) is 4. The Morgan fingerprint density at radius 3 is 2.50 bits per heavy atom. The molecule has 0 unspecified atom stereocenters. The Labute approximate surface area is 167 Å². The van der Waals surface area contributed by atoms with Gasteiger partial charge in [-0.25, -0.2) is 4.68 Å². The maximum absolute atomic E-state index is 12.4. The predicted octanol–water partition coefficient (Wildman–Crippen LogP) is 5.51. The lowest BCUT2D eigenvalue weighted by atomic mass is 10.1. The van der Waals surface area contributed by atoms with Crippen LogP contribution in [-0.2, 0) is 0 Å². The molecule has 138 valence electrons. The molecule has 0 amide bonds. The number of thiophene rings is 1. The second-order valence-electron chi connectivity index (χ2n) is 6.12. The minimum Gasteiger partial charge on any atom is -0.497 e. The van der Waals surface area contributed by atoms with E-state index in [1.807, 2.05) is 89.1 Å². The Morgan fingerprint density at radius 2 is 1.82 bits per heavy atom. The molecule has 4 rings (SSSR count). The van der Waals surface area contributed by atoms with Crippen LogP contribution in [0.25, 0.3) is 23.0 Å². The van der Waals surface area contributed by atoms with E-state index >= 15 is 0 Å². The van der Waals surface area contributed by atoms with Crippen molar-refractivity contribution in [3.05, 3.63) is 94.8 Å². The van der Waals surface area contributed by atoms with E-state index in [0.29, 0.717) is 0 Å². The standard InChI is InChI=1S/C23H18N2O2S/c1-27-20-12-9-17(10-13-20)23-18(11-14-21(26)22-8-5-15-28-22)16-25(24-23)19-6-3-2-4-7-19/h2-16H,1H3/b14-11+. The van der Waals surface area contributed by atoms with Gasteiger partial charge in [0, 0.05) is 17.3 Å². The molecule has 0 N–H and O–H groups in total. The third-order valence-electron chi connectivity index (χ3n) is 4.31. The van der Waals surface area contributed by atoms with Gasteiger partial charge in [0.05, 0.1) is 23.4 Å². The molecule has 0 saturated carbocycles. The zero-order valence-corrected chi connectivity index (χ0v) is 16.1. The van der Waals surface area contributed by atoms with Crippen molar-refractivity contribution in [2.45, 2.75) is 0 Å². The number of para-hydroxylation sites is 1. The third kappa shape index (κ3) is 3.80. The SMILES string of the molecule is COc1ccc(-c2nn(-c3ccccc3)cc2/C=C/C(=O)c2cccs2)cc1. The van der Waals surface area contributed by atoms with E-state index in [-0.39, 0.29) is 5.78 Å². The van der Waals surface area contributed by atoms with Gasteiger partial charge in [-0.15, -0.1) is 11.3 Å². The quantitative estimate of drug-likeness (QED) is 0.324. The van der Waals surface area contributed by atoms with Gasteiger partial charge < -0.3 is 4.74 Å². The van der Waals surface area contributed by atoms with Crippen molar-refractivity contribution in [2.24, 2.45) is 0 Å². The maximum atomic E-state index is 12.4. The van der Waals surface area contributed by atoms with Crippen LogP contribution in [0, 0.1) is 0 Å². The van der Waals surface area contributed by atoms with E-state index in [9.17, 15) is 4.79 Å². The fraction of sp³-hybridized carbons (Fsp3) is 0.0435. The lowest BCUT2D eigenvalue weighted by molar-refractivity contribution is 0.105. The van der Waals surface area contributed by atoms with Crippen molar-refractivity contribution in [3.63, 3.8) is 0 Å². The average molecular weight is 386 g/mol.